The molecule has 0 saturated heterocycles. The molecule has 0 unspecified atom stereocenters. The highest BCUT2D eigenvalue weighted by Crippen LogP contribution is 2.50. The van der Waals surface area contributed by atoms with Gasteiger partial charge < -0.3 is 0 Å². The van der Waals surface area contributed by atoms with Gasteiger partial charge >= 0.3 is 0 Å². The summed E-state index contributed by atoms with van der Waals surface area (Å²) in [6.45, 7) is 4.71. The third-order valence-electron chi connectivity index (χ3n) is 7.71. The van der Waals surface area contributed by atoms with Gasteiger partial charge in [0.1, 0.15) is 0 Å². The molecular formula is C34H25N. The summed E-state index contributed by atoms with van der Waals surface area (Å²) in [6, 6.07) is 39.8. The van der Waals surface area contributed by atoms with Crippen LogP contribution in [0.25, 0.3) is 55.1 Å². The van der Waals surface area contributed by atoms with E-state index in [9.17, 15) is 0 Å². The van der Waals surface area contributed by atoms with Crippen molar-refractivity contribution in [1.82, 2.24) is 4.98 Å². The summed E-state index contributed by atoms with van der Waals surface area (Å²) in [7, 11) is 0. The molecule has 0 aliphatic heterocycles. The second kappa shape index (κ2) is 7.38. The summed E-state index contributed by atoms with van der Waals surface area (Å²) >= 11 is 0. The number of hydrogen-bond donors (Lipinski definition) is 0. The first-order valence-corrected chi connectivity index (χ1v) is 12.2. The molecule has 0 spiro atoms. The van der Waals surface area contributed by atoms with E-state index in [-0.39, 0.29) is 5.41 Å². The Morgan fingerprint density at radius 2 is 1.11 bits per heavy atom. The molecule has 1 nitrogen and oxygen atoms in total. The topological polar surface area (TPSA) is 12.9 Å². The lowest BCUT2D eigenvalue weighted by molar-refractivity contribution is 0.661. The summed E-state index contributed by atoms with van der Waals surface area (Å²) in [5, 5.41) is 3.61. The number of fused-ring (bicyclic) bond motifs is 6. The van der Waals surface area contributed by atoms with E-state index in [1.165, 1.54) is 60.7 Å². The zero-order valence-electron chi connectivity index (χ0n) is 19.9. The van der Waals surface area contributed by atoms with Gasteiger partial charge in [-0.25, -0.2) is 0 Å². The normalized spacial score (nSPS) is 13.7. The van der Waals surface area contributed by atoms with E-state index in [0.29, 0.717) is 0 Å². The van der Waals surface area contributed by atoms with Crippen molar-refractivity contribution in [1.29, 1.82) is 0 Å². The SMILES string of the molecule is CC1(C)c2cc(-c3ccccc3)ccc2-c2ccc(-c3ccc4ccc5cccnc5c4c3)cc21. The van der Waals surface area contributed by atoms with Crippen LogP contribution in [0.3, 0.4) is 0 Å². The van der Waals surface area contributed by atoms with Gasteiger partial charge in [0.25, 0.3) is 0 Å². The quantitative estimate of drug-likeness (QED) is 0.241. The molecule has 166 valence electrons. The van der Waals surface area contributed by atoms with E-state index < -0.39 is 0 Å². The molecule has 1 aliphatic rings. The van der Waals surface area contributed by atoms with Crippen LogP contribution in [-0.4, -0.2) is 4.98 Å². The smallest absolute Gasteiger partial charge is 0.0780 e. The first kappa shape index (κ1) is 20.2. The number of nitrogens with zero attached hydrogens (tertiary/aromatic N) is 1. The first-order valence-electron chi connectivity index (χ1n) is 12.2. The van der Waals surface area contributed by atoms with Crippen molar-refractivity contribution in [2.75, 3.05) is 0 Å². The fourth-order valence-corrected chi connectivity index (χ4v) is 5.77. The molecule has 0 bridgehead atoms. The minimum atomic E-state index is -0.0590. The molecule has 7 rings (SSSR count). The summed E-state index contributed by atoms with van der Waals surface area (Å²) in [6.07, 6.45) is 1.88. The zero-order valence-corrected chi connectivity index (χ0v) is 19.9. The molecular weight excluding hydrogens is 422 g/mol. The van der Waals surface area contributed by atoms with Crippen molar-refractivity contribution >= 4 is 21.7 Å². The predicted molar refractivity (Wildman–Crippen MR) is 148 cm³/mol. The largest absolute Gasteiger partial charge is 0.256 e. The molecule has 1 aromatic heterocycles. The van der Waals surface area contributed by atoms with Crippen LogP contribution in [0.1, 0.15) is 25.0 Å². The van der Waals surface area contributed by atoms with Gasteiger partial charge in [-0.3, -0.25) is 4.98 Å². The molecule has 0 saturated carbocycles. The summed E-state index contributed by atoms with van der Waals surface area (Å²) in [4.78, 5) is 4.69. The van der Waals surface area contributed by atoms with E-state index in [4.69, 9.17) is 0 Å². The van der Waals surface area contributed by atoms with Crippen LogP contribution in [0.2, 0.25) is 0 Å². The minimum Gasteiger partial charge on any atom is -0.256 e. The number of benzene rings is 5. The monoisotopic (exact) mass is 447 g/mol. The van der Waals surface area contributed by atoms with Crippen LogP contribution in [-0.2, 0) is 5.41 Å². The molecule has 1 heteroatoms. The lowest BCUT2D eigenvalue weighted by atomic mass is 9.81. The van der Waals surface area contributed by atoms with E-state index in [1.807, 2.05) is 12.3 Å². The van der Waals surface area contributed by atoms with Gasteiger partial charge in [0, 0.05) is 22.4 Å². The number of hydrogen-bond acceptors (Lipinski definition) is 1. The van der Waals surface area contributed by atoms with Gasteiger partial charge in [-0.1, -0.05) is 98.8 Å². The Morgan fingerprint density at radius 1 is 0.514 bits per heavy atom. The molecule has 6 aromatic rings. The van der Waals surface area contributed by atoms with Crippen LogP contribution < -0.4 is 0 Å². The Balaban J connectivity index is 1.36. The number of aromatic nitrogens is 1. The molecule has 35 heavy (non-hydrogen) atoms. The first-order chi connectivity index (χ1) is 17.1. The molecule has 0 N–H and O–H groups in total. The van der Waals surface area contributed by atoms with Crippen LogP contribution in [0.15, 0.2) is 115 Å². The van der Waals surface area contributed by atoms with Crippen LogP contribution in [0.4, 0.5) is 0 Å². The summed E-state index contributed by atoms with van der Waals surface area (Å²) in [5.41, 5.74) is 11.5. The predicted octanol–water partition coefficient (Wildman–Crippen LogP) is 9.03. The molecule has 1 aliphatic carbocycles. The highest BCUT2D eigenvalue weighted by atomic mass is 14.6. The number of pyridine rings is 1. The van der Waals surface area contributed by atoms with E-state index >= 15 is 0 Å². The molecule has 1 heterocycles. The highest BCUT2D eigenvalue weighted by Gasteiger charge is 2.35. The van der Waals surface area contributed by atoms with Gasteiger partial charge in [-0.2, -0.15) is 0 Å². The maximum atomic E-state index is 4.69. The fourth-order valence-electron chi connectivity index (χ4n) is 5.77. The Kier molecular flexibility index (Phi) is 4.25. The average molecular weight is 448 g/mol. The number of rotatable bonds is 2. The van der Waals surface area contributed by atoms with Gasteiger partial charge in [-0.15, -0.1) is 0 Å². The van der Waals surface area contributed by atoms with Gasteiger partial charge in [-0.05, 0) is 74.2 Å². The van der Waals surface area contributed by atoms with E-state index in [0.717, 1.165) is 5.52 Å². The van der Waals surface area contributed by atoms with Crippen molar-refractivity contribution < 1.29 is 0 Å². The fraction of sp³-hybridized carbons (Fsp3) is 0.0882. The van der Waals surface area contributed by atoms with E-state index in [1.54, 1.807) is 0 Å². The maximum absolute atomic E-state index is 4.69. The van der Waals surface area contributed by atoms with Crippen molar-refractivity contribution in [3.05, 3.63) is 127 Å². The Labute approximate surface area is 205 Å². The molecule has 0 radical (unpaired) electrons. The third kappa shape index (κ3) is 3.05. The third-order valence-corrected chi connectivity index (χ3v) is 7.71. The zero-order chi connectivity index (χ0) is 23.6. The van der Waals surface area contributed by atoms with Gasteiger partial charge in [0.2, 0.25) is 0 Å². The van der Waals surface area contributed by atoms with Crippen LogP contribution in [0.5, 0.6) is 0 Å². The lowest BCUT2D eigenvalue weighted by Crippen LogP contribution is -2.15. The van der Waals surface area contributed by atoms with E-state index in [2.05, 4.69) is 122 Å². The van der Waals surface area contributed by atoms with Crippen molar-refractivity contribution in [3.8, 4) is 33.4 Å². The Hall–Kier alpha value is -4.23. The second-order valence-corrected chi connectivity index (χ2v) is 10.1. The van der Waals surface area contributed by atoms with Gasteiger partial charge in [0.15, 0.2) is 0 Å². The average Bonchev–Trinajstić information content (AvgIpc) is 3.14. The summed E-state index contributed by atoms with van der Waals surface area (Å²) < 4.78 is 0. The second-order valence-electron chi connectivity index (χ2n) is 10.1. The minimum absolute atomic E-state index is 0.0590. The maximum Gasteiger partial charge on any atom is 0.0780 e. The van der Waals surface area contributed by atoms with Gasteiger partial charge in [0.05, 0.1) is 5.52 Å². The molecule has 0 amide bonds. The van der Waals surface area contributed by atoms with Crippen molar-refractivity contribution in [3.63, 3.8) is 0 Å². The lowest BCUT2D eigenvalue weighted by Gasteiger charge is -2.22. The Morgan fingerprint density at radius 3 is 1.86 bits per heavy atom. The van der Waals surface area contributed by atoms with Crippen LogP contribution >= 0.6 is 0 Å². The standard InChI is InChI=1S/C34H25N/c1-34(2)31-20-26(22-7-4-3-5-8-22)14-16-28(31)29-17-15-27(21-32(29)34)25-13-11-23-10-12-24-9-6-18-35-33(24)30(23)19-25/h3-21H,1-2H3. The van der Waals surface area contributed by atoms with Crippen LogP contribution in [0, 0.1) is 0 Å². The molecule has 5 aromatic carbocycles. The molecule has 0 fully saturated rings. The van der Waals surface area contributed by atoms with Crippen molar-refractivity contribution in [2.45, 2.75) is 19.3 Å². The van der Waals surface area contributed by atoms with Crippen molar-refractivity contribution in [2.24, 2.45) is 0 Å². The summed E-state index contributed by atoms with van der Waals surface area (Å²) in [5.74, 6) is 0. The molecule has 0 atom stereocenters. The highest BCUT2D eigenvalue weighted by molar-refractivity contribution is 6.06. The Bertz CT molecular complexity index is 1760.